The largest absolute Gasteiger partial charge is 0.457 e. The van der Waals surface area contributed by atoms with Gasteiger partial charge in [-0.2, -0.15) is 0 Å². The third-order valence-electron chi connectivity index (χ3n) is 5.48. The van der Waals surface area contributed by atoms with Crippen molar-refractivity contribution in [1.29, 1.82) is 0 Å². The van der Waals surface area contributed by atoms with Crippen molar-refractivity contribution in [1.82, 2.24) is 4.98 Å². The molecule has 0 aliphatic heterocycles. The van der Waals surface area contributed by atoms with Crippen molar-refractivity contribution in [2.75, 3.05) is 19.0 Å². The van der Waals surface area contributed by atoms with Gasteiger partial charge < -0.3 is 14.8 Å². The van der Waals surface area contributed by atoms with E-state index in [-0.39, 0.29) is 47.7 Å². The quantitative estimate of drug-likeness (QED) is 0.345. The Hall–Kier alpha value is -3.29. The minimum atomic E-state index is -0.544. The van der Waals surface area contributed by atoms with Crippen molar-refractivity contribution >= 4 is 29.1 Å². The Morgan fingerprint density at radius 2 is 1.72 bits per heavy atom. The molecule has 0 aliphatic rings. The minimum absolute atomic E-state index is 0.0604. The number of anilines is 1. The van der Waals surface area contributed by atoms with Crippen LogP contribution >= 0.6 is 11.6 Å². The van der Waals surface area contributed by atoms with E-state index in [0.29, 0.717) is 23.2 Å². The Balaban J connectivity index is 1.64. The lowest BCUT2D eigenvalue weighted by molar-refractivity contribution is -0.118. The summed E-state index contributed by atoms with van der Waals surface area (Å²) >= 11 is 6.31. The SMILES string of the molecule is COCCC(=O)Nc1cc(Oc2ccc(CC(=O)Cc3cc(C(C)(C)C)ccc3Cl)c(F)c2)ccn1. The monoisotopic (exact) mass is 512 g/mol. The van der Waals surface area contributed by atoms with Gasteiger partial charge >= 0.3 is 0 Å². The third-order valence-corrected chi connectivity index (χ3v) is 5.85. The topological polar surface area (TPSA) is 77.5 Å². The molecular formula is C28H30ClFN2O4. The number of benzene rings is 2. The summed E-state index contributed by atoms with van der Waals surface area (Å²) in [5.74, 6) is 0.0191. The number of ether oxygens (including phenoxy) is 2. The van der Waals surface area contributed by atoms with Crippen LogP contribution in [0.5, 0.6) is 11.5 Å². The van der Waals surface area contributed by atoms with Crippen molar-refractivity contribution in [3.8, 4) is 11.5 Å². The smallest absolute Gasteiger partial charge is 0.227 e. The zero-order chi connectivity index (χ0) is 26.3. The van der Waals surface area contributed by atoms with Gasteiger partial charge in [0.05, 0.1) is 13.0 Å². The summed E-state index contributed by atoms with van der Waals surface area (Å²) in [6, 6.07) is 13.2. The first-order valence-electron chi connectivity index (χ1n) is 11.6. The molecule has 0 spiro atoms. The first-order valence-corrected chi connectivity index (χ1v) is 11.9. The number of aromatic nitrogens is 1. The van der Waals surface area contributed by atoms with E-state index in [0.717, 1.165) is 11.1 Å². The molecule has 190 valence electrons. The highest BCUT2D eigenvalue weighted by molar-refractivity contribution is 6.31. The number of rotatable bonds is 10. The summed E-state index contributed by atoms with van der Waals surface area (Å²) in [5, 5.41) is 3.17. The number of carbonyl (C=O) groups excluding carboxylic acids is 2. The molecule has 0 saturated carbocycles. The van der Waals surface area contributed by atoms with E-state index in [1.807, 2.05) is 12.1 Å². The van der Waals surface area contributed by atoms with Crippen LogP contribution in [0.1, 0.15) is 43.9 Å². The van der Waals surface area contributed by atoms with Crippen LogP contribution in [0, 0.1) is 5.82 Å². The van der Waals surface area contributed by atoms with Crippen LogP contribution in [0.3, 0.4) is 0 Å². The molecule has 0 fully saturated rings. The fraction of sp³-hybridized carbons (Fsp3) is 0.321. The maximum atomic E-state index is 14.8. The van der Waals surface area contributed by atoms with Crippen molar-refractivity contribution < 1.29 is 23.5 Å². The van der Waals surface area contributed by atoms with E-state index in [9.17, 15) is 14.0 Å². The molecule has 6 nitrogen and oxygen atoms in total. The van der Waals surface area contributed by atoms with Crippen LogP contribution in [0.2, 0.25) is 5.02 Å². The standard InChI is InChI=1S/C28H30ClFN2O4/c1-28(2,3)20-6-8-24(29)19(13-20)15-21(33)14-18-5-7-22(16-25(18)30)36-23-9-11-31-26(17-23)32-27(34)10-12-35-4/h5-9,11,13,16-17H,10,12,14-15H2,1-4H3,(H,31,32,34). The van der Waals surface area contributed by atoms with Gasteiger partial charge in [-0.1, -0.05) is 50.6 Å². The number of carbonyl (C=O) groups is 2. The molecular weight excluding hydrogens is 483 g/mol. The zero-order valence-corrected chi connectivity index (χ0v) is 21.6. The van der Waals surface area contributed by atoms with E-state index in [2.05, 4.69) is 31.1 Å². The molecule has 0 bridgehead atoms. The van der Waals surface area contributed by atoms with Crippen molar-refractivity contribution in [3.63, 3.8) is 0 Å². The van der Waals surface area contributed by atoms with E-state index >= 15 is 0 Å². The van der Waals surface area contributed by atoms with Crippen LogP contribution in [-0.4, -0.2) is 30.4 Å². The number of hydrogen-bond acceptors (Lipinski definition) is 5. The first kappa shape index (κ1) is 27.3. The van der Waals surface area contributed by atoms with Gasteiger partial charge in [-0.25, -0.2) is 9.37 Å². The summed E-state index contributed by atoms with van der Waals surface area (Å²) in [4.78, 5) is 28.6. The third kappa shape index (κ3) is 7.86. The first-order chi connectivity index (χ1) is 17.0. The second kappa shape index (κ2) is 12.1. The maximum absolute atomic E-state index is 14.8. The Morgan fingerprint density at radius 1 is 1.00 bits per heavy atom. The predicted octanol–water partition coefficient (Wildman–Crippen LogP) is 6.29. The van der Waals surface area contributed by atoms with Gasteiger partial charge in [0.25, 0.3) is 0 Å². The molecule has 1 amide bonds. The summed E-state index contributed by atoms with van der Waals surface area (Å²) in [5.41, 5.74) is 2.01. The molecule has 2 aromatic carbocycles. The van der Waals surface area contributed by atoms with Gasteiger partial charge in [-0.3, -0.25) is 9.59 Å². The molecule has 0 saturated heterocycles. The number of hydrogen-bond donors (Lipinski definition) is 1. The molecule has 0 aliphatic carbocycles. The van der Waals surface area contributed by atoms with Crippen LogP contribution in [0.25, 0.3) is 0 Å². The van der Waals surface area contributed by atoms with Crippen LogP contribution in [0.15, 0.2) is 54.7 Å². The highest BCUT2D eigenvalue weighted by atomic mass is 35.5. The molecule has 0 radical (unpaired) electrons. The Kier molecular flexibility index (Phi) is 9.18. The fourth-order valence-electron chi connectivity index (χ4n) is 3.48. The van der Waals surface area contributed by atoms with Gasteiger partial charge in [-0.15, -0.1) is 0 Å². The van der Waals surface area contributed by atoms with Gasteiger partial charge in [0, 0.05) is 43.3 Å². The molecule has 0 atom stereocenters. The maximum Gasteiger partial charge on any atom is 0.227 e. The average molecular weight is 513 g/mol. The van der Waals surface area contributed by atoms with E-state index in [1.54, 1.807) is 18.2 Å². The summed E-state index contributed by atoms with van der Waals surface area (Å²) in [6.45, 7) is 6.57. The number of pyridine rings is 1. The Morgan fingerprint density at radius 3 is 2.42 bits per heavy atom. The number of amides is 1. The van der Waals surface area contributed by atoms with Crippen LogP contribution < -0.4 is 10.1 Å². The van der Waals surface area contributed by atoms with Crippen molar-refractivity contribution in [2.24, 2.45) is 0 Å². The number of ketones is 1. The predicted molar refractivity (Wildman–Crippen MR) is 138 cm³/mol. The second-order valence-electron chi connectivity index (χ2n) is 9.47. The molecule has 0 unspecified atom stereocenters. The van der Waals surface area contributed by atoms with Crippen molar-refractivity contribution in [2.45, 2.75) is 45.4 Å². The molecule has 3 aromatic rings. The minimum Gasteiger partial charge on any atom is -0.457 e. The lowest BCUT2D eigenvalue weighted by Crippen LogP contribution is -2.14. The highest BCUT2D eigenvalue weighted by Crippen LogP contribution is 2.28. The van der Waals surface area contributed by atoms with Gasteiger partial charge in [0.15, 0.2) is 0 Å². The van der Waals surface area contributed by atoms with Crippen LogP contribution in [0.4, 0.5) is 10.2 Å². The zero-order valence-electron chi connectivity index (χ0n) is 20.9. The summed E-state index contributed by atoms with van der Waals surface area (Å²) in [7, 11) is 1.52. The van der Waals surface area contributed by atoms with Crippen LogP contribution in [-0.2, 0) is 32.6 Å². The second-order valence-corrected chi connectivity index (χ2v) is 9.88. The summed E-state index contributed by atoms with van der Waals surface area (Å²) < 4.78 is 25.4. The Labute approximate surface area is 215 Å². The molecule has 36 heavy (non-hydrogen) atoms. The van der Waals surface area contributed by atoms with Gasteiger partial charge in [0.2, 0.25) is 5.91 Å². The normalized spacial score (nSPS) is 11.3. The lowest BCUT2D eigenvalue weighted by atomic mass is 9.85. The molecule has 1 heterocycles. The number of methoxy groups -OCH3 is 1. The van der Waals surface area contributed by atoms with Gasteiger partial charge in [0.1, 0.15) is 28.9 Å². The lowest BCUT2D eigenvalue weighted by Gasteiger charge is -2.20. The summed E-state index contributed by atoms with van der Waals surface area (Å²) in [6.07, 6.45) is 1.73. The highest BCUT2D eigenvalue weighted by Gasteiger charge is 2.17. The number of nitrogens with one attached hydrogen (secondary N) is 1. The molecule has 1 aromatic heterocycles. The average Bonchev–Trinajstić information content (AvgIpc) is 2.80. The fourth-order valence-corrected chi connectivity index (χ4v) is 3.66. The molecule has 3 rings (SSSR count). The van der Waals surface area contributed by atoms with E-state index < -0.39 is 5.82 Å². The van der Waals surface area contributed by atoms with E-state index in [1.165, 1.54) is 31.5 Å². The van der Waals surface area contributed by atoms with E-state index in [4.69, 9.17) is 21.1 Å². The molecule has 8 heteroatoms. The Bertz CT molecular complexity index is 1240. The van der Waals surface area contributed by atoms with Crippen molar-refractivity contribution in [3.05, 3.63) is 82.3 Å². The molecule has 1 N–H and O–H groups in total. The number of nitrogens with zero attached hydrogens (tertiary/aromatic N) is 1. The van der Waals surface area contributed by atoms with Gasteiger partial charge in [-0.05, 0) is 40.3 Å². The number of Topliss-reactive ketones (excluding diaryl/α,β-unsaturated/α-hetero) is 1. The number of halogens is 2.